The van der Waals surface area contributed by atoms with Crippen molar-refractivity contribution in [3.05, 3.63) is 0 Å². The van der Waals surface area contributed by atoms with Gasteiger partial charge in [-0.3, -0.25) is 0 Å². The van der Waals surface area contributed by atoms with E-state index in [-0.39, 0.29) is 6.03 Å². The third kappa shape index (κ3) is 7.16. The van der Waals surface area contributed by atoms with Gasteiger partial charge in [0.2, 0.25) is 0 Å². The average molecular weight is 218 g/mol. The molecule has 0 aliphatic carbocycles. The molecule has 5 nitrogen and oxygen atoms in total. The van der Waals surface area contributed by atoms with Crippen LogP contribution in [-0.4, -0.2) is 58.0 Å². The van der Waals surface area contributed by atoms with Crippen LogP contribution < -0.4 is 5.32 Å². The summed E-state index contributed by atoms with van der Waals surface area (Å²) in [5, 5.41) is 2.77. The van der Waals surface area contributed by atoms with E-state index in [1.165, 1.54) is 0 Å². The third-order valence-electron chi connectivity index (χ3n) is 1.96. The first kappa shape index (κ1) is 14.2. The van der Waals surface area contributed by atoms with E-state index >= 15 is 0 Å². The van der Waals surface area contributed by atoms with Gasteiger partial charge in [-0.2, -0.15) is 0 Å². The van der Waals surface area contributed by atoms with Crippen LogP contribution in [0.1, 0.15) is 13.3 Å². The van der Waals surface area contributed by atoms with Gasteiger partial charge in [0.15, 0.2) is 0 Å². The minimum absolute atomic E-state index is 0.0364. The Morgan fingerprint density at radius 3 is 2.40 bits per heavy atom. The van der Waals surface area contributed by atoms with E-state index < -0.39 is 0 Å². The highest BCUT2D eigenvalue weighted by Crippen LogP contribution is 1.93. The second-order valence-electron chi connectivity index (χ2n) is 3.16. The molecule has 2 amide bonds. The van der Waals surface area contributed by atoms with Gasteiger partial charge in [-0.25, -0.2) is 4.79 Å². The highest BCUT2D eigenvalue weighted by Gasteiger charge is 2.10. The van der Waals surface area contributed by atoms with Crippen LogP contribution in [-0.2, 0) is 9.47 Å². The third-order valence-corrected chi connectivity index (χ3v) is 1.96. The van der Waals surface area contributed by atoms with Gasteiger partial charge in [-0.05, 0) is 13.3 Å². The molecule has 0 bridgehead atoms. The monoisotopic (exact) mass is 218 g/mol. The maximum atomic E-state index is 11.6. The highest BCUT2D eigenvalue weighted by molar-refractivity contribution is 5.74. The normalized spacial score (nSPS) is 10.1. The maximum absolute atomic E-state index is 11.6. The Bertz CT molecular complexity index is 165. The first-order valence-corrected chi connectivity index (χ1v) is 5.26. The SMILES string of the molecule is CCNC(=O)N(CCCOC)CCOC. The molecule has 0 aliphatic rings. The Labute approximate surface area is 91.7 Å². The van der Waals surface area contributed by atoms with Crippen molar-refractivity contribution in [2.75, 3.05) is 47.1 Å². The molecule has 0 spiro atoms. The summed E-state index contributed by atoms with van der Waals surface area (Å²) in [6.45, 7) is 5.09. The van der Waals surface area contributed by atoms with Crippen molar-refractivity contribution >= 4 is 6.03 Å². The lowest BCUT2D eigenvalue weighted by atomic mass is 10.4. The van der Waals surface area contributed by atoms with Gasteiger partial charge < -0.3 is 19.7 Å². The Hall–Kier alpha value is -0.810. The van der Waals surface area contributed by atoms with Crippen molar-refractivity contribution in [1.29, 1.82) is 0 Å². The fraction of sp³-hybridized carbons (Fsp3) is 0.900. The molecular weight excluding hydrogens is 196 g/mol. The molecule has 0 fully saturated rings. The number of urea groups is 1. The zero-order chi connectivity index (χ0) is 11.5. The lowest BCUT2D eigenvalue weighted by Gasteiger charge is -2.22. The molecule has 0 heterocycles. The molecular formula is C10H22N2O3. The largest absolute Gasteiger partial charge is 0.385 e. The second kappa shape index (κ2) is 9.73. The summed E-state index contributed by atoms with van der Waals surface area (Å²) >= 11 is 0. The molecule has 0 aromatic heterocycles. The molecule has 0 aromatic carbocycles. The number of ether oxygens (including phenoxy) is 2. The van der Waals surface area contributed by atoms with Crippen molar-refractivity contribution < 1.29 is 14.3 Å². The Balaban J connectivity index is 3.87. The van der Waals surface area contributed by atoms with Crippen LogP contribution in [0.25, 0.3) is 0 Å². The molecule has 0 saturated heterocycles. The van der Waals surface area contributed by atoms with E-state index in [0.29, 0.717) is 32.8 Å². The number of hydrogen-bond donors (Lipinski definition) is 1. The zero-order valence-corrected chi connectivity index (χ0v) is 9.91. The van der Waals surface area contributed by atoms with Gasteiger partial charge in [0, 0.05) is 40.5 Å². The van der Waals surface area contributed by atoms with Crippen LogP contribution in [0.5, 0.6) is 0 Å². The summed E-state index contributed by atoms with van der Waals surface area (Å²) in [6.07, 6.45) is 0.845. The summed E-state index contributed by atoms with van der Waals surface area (Å²) in [5.41, 5.74) is 0. The van der Waals surface area contributed by atoms with E-state index in [4.69, 9.17) is 9.47 Å². The summed E-state index contributed by atoms with van der Waals surface area (Å²) in [5.74, 6) is 0. The van der Waals surface area contributed by atoms with Crippen molar-refractivity contribution in [2.24, 2.45) is 0 Å². The molecule has 0 aromatic rings. The van der Waals surface area contributed by atoms with E-state index in [0.717, 1.165) is 6.42 Å². The van der Waals surface area contributed by atoms with E-state index in [1.54, 1.807) is 19.1 Å². The van der Waals surface area contributed by atoms with Gasteiger partial charge >= 0.3 is 6.03 Å². The van der Waals surface area contributed by atoms with Crippen molar-refractivity contribution in [3.8, 4) is 0 Å². The number of methoxy groups -OCH3 is 2. The predicted octanol–water partition coefficient (Wildman–Crippen LogP) is 0.701. The van der Waals surface area contributed by atoms with Gasteiger partial charge in [0.25, 0.3) is 0 Å². The minimum atomic E-state index is -0.0364. The summed E-state index contributed by atoms with van der Waals surface area (Å²) < 4.78 is 9.90. The van der Waals surface area contributed by atoms with Crippen LogP contribution in [0, 0.1) is 0 Å². The van der Waals surface area contributed by atoms with Gasteiger partial charge in [0.05, 0.1) is 6.61 Å². The van der Waals surface area contributed by atoms with E-state index in [1.807, 2.05) is 6.92 Å². The minimum Gasteiger partial charge on any atom is -0.385 e. The summed E-state index contributed by atoms with van der Waals surface area (Å²) in [6, 6.07) is -0.0364. The predicted molar refractivity (Wildman–Crippen MR) is 59.0 cm³/mol. The number of carbonyl (C=O) groups excluding carboxylic acids is 1. The number of rotatable bonds is 8. The number of nitrogens with one attached hydrogen (secondary N) is 1. The number of amides is 2. The second-order valence-corrected chi connectivity index (χ2v) is 3.16. The molecule has 5 heteroatoms. The Morgan fingerprint density at radius 1 is 1.20 bits per heavy atom. The topological polar surface area (TPSA) is 50.8 Å². The number of nitrogens with zero attached hydrogens (tertiary/aromatic N) is 1. The Morgan fingerprint density at radius 2 is 1.87 bits per heavy atom. The summed E-state index contributed by atoms with van der Waals surface area (Å²) in [4.78, 5) is 13.3. The molecule has 0 radical (unpaired) electrons. The average Bonchev–Trinajstić information content (AvgIpc) is 2.23. The highest BCUT2D eigenvalue weighted by atomic mass is 16.5. The fourth-order valence-electron chi connectivity index (χ4n) is 1.18. The molecule has 0 rings (SSSR count). The maximum Gasteiger partial charge on any atom is 0.317 e. The molecule has 90 valence electrons. The summed E-state index contributed by atoms with van der Waals surface area (Å²) in [7, 11) is 3.29. The lowest BCUT2D eigenvalue weighted by molar-refractivity contribution is 0.138. The lowest BCUT2D eigenvalue weighted by Crippen LogP contribution is -2.42. The molecule has 0 saturated carbocycles. The fourth-order valence-corrected chi connectivity index (χ4v) is 1.18. The Kier molecular flexibility index (Phi) is 9.21. The molecule has 1 N–H and O–H groups in total. The van der Waals surface area contributed by atoms with Crippen LogP contribution in [0.2, 0.25) is 0 Å². The van der Waals surface area contributed by atoms with E-state index in [9.17, 15) is 4.79 Å². The van der Waals surface area contributed by atoms with Crippen LogP contribution in [0.4, 0.5) is 4.79 Å². The van der Waals surface area contributed by atoms with Crippen LogP contribution in [0.3, 0.4) is 0 Å². The van der Waals surface area contributed by atoms with Gasteiger partial charge in [0.1, 0.15) is 0 Å². The molecule has 0 unspecified atom stereocenters. The smallest absolute Gasteiger partial charge is 0.317 e. The van der Waals surface area contributed by atoms with Crippen molar-refractivity contribution in [1.82, 2.24) is 10.2 Å². The van der Waals surface area contributed by atoms with Crippen molar-refractivity contribution in [3.63, 3.8) is 0 Å². The molecule has 0 aliphatic heterocycles. The van der Waals surface area contributed by atoms with Crippen LogP contribution >= 0.6 is 0 Å². The number of carbonyl (C=O) groups is 1. The molecule has 0 atom stereocenters. The number of hydrogen-bond acceptors (Lipinski definition) is 3. The standard InChI is InChI=1S/C10H22N2O3/c1-4-11-10(13)12(7-9-15-3)6-5-8-14-2/h4-9H2,1-3H3,(H,11,13). The quantitative estimate of drug-likeness (QED) is 0.610. The van der Waals surface area contributed by atoms with Gasteiger partial charge in [-0.1, -0.05) is 0 Å². The van der Waals surface area contributed by atoms with Gasteiger partial charge in [-0.15, -0.1) is 0 Å². The first-order chi connectivity index (χ1) is 7.26. The van der Waals surface area contributed by atoms with Crippen LogP contribution in [0.15, 0.2) is 0 Å². The van der Waals surface area contributed by atoms with E-state index in [2.05, 4.69) is 5.32 Å². The first-order valence-electron chi connectivity index (χ1n) is 5.26. The zero-order valence-electron chi connectivity index (χ0n) is 9.91. The van der Waals surface area contributed by atoms with Crippen molar-refractivity contribution in [2.45, 2.75) is 13.3 Å². The molecule has 15 heavy (non-hydrogen) atoms.